The Labute approximate surface area is 89.8 Å². The van der Waals surface area contributed by atoms with Crippen LogP contribution in [0.2, 0.25) is 0 Å². The molecule has 4 nitrogen and oxygen atoms in total. The molecule has 0 aromatic heterocycles. The van der Waals surface area contributed by atoms with Crippen LogP contribution in [0.15, 0.2) is 21.1 Å². The highest BCUT2D eigenvalue weighted by Gasteiger charge is 2.46. The van der Waals surface area contributed by atoms with Gasteiger partial charge in [-0.2, -0.15) is 0 Å². The third-order valence-electron chi connectivity index (χ3n) is 1.55. The maximum absolute atomic E-state index is 11.0. The molecule has 0 saturated heterocycles. The second-order valence-electron chi connectivity index (χ2n) is 2.48. The van der Waals surface area contributed by atoms with Crippen LogP contribution in [0.4, 0.5) is 0 Å². The minimum atomic E-state index is -1.34. The van der Waals surface area contributed by atoms with E-state index in [1.807, 2.05) is 0 Å². The van der Waals surface area contributed by atoms with Gasteiger partial charge in [0.05, 0.1) is 0 Å². The van der Waals surface area contributed by atoms with Crippen LogP contribution in [0, 0.1) is 0 Å². The molecule has 0 unspecified atom stereocenters. The molecule has 68 valence electrons. The Kier molecular flexibility index (Phi) is 1.85. The fourth-order valence-corrected chi connectivity index (χ4v) is 1.84. The fraction of sp³-hybridized carbons (Fsp3) is 0.143. The van der Waals surface area contributed by atoms with Crippen molar-refractivity contribution in [3.8, 4) is 0 Å². The van der Waals surface area contributed by atoms with Crippen LogP contribution in [0.3, 0.4) is 0 Å². The van der Waals surface area contributed by atoms with Gasteiger partial charge in [0.25, 0.3) is 0 Å². The number of hydrogen-bond donors (Lipinski definition) is 0. The Morgan fingerprint density at radius 3 is 1.62 bits per heavy atom. The van der Waals surface area contributed by atoms with Crippen molar-refractivity contribution in [2.24, 2.45) is 0 Å². The first-order valence-corrected chi connectivity index (χ1v) is 4.84. The van der Waals surface area contributed by atoms with Gasteiger partial charge in [-0.25, -0.2) is 9.59 Å². The molecule has 0 atom stereocenters. The summed E-state index contributed by atoms with van der Waals surface area (Å²) in [7, 11) is 0. The van der Waals surface area contributed by atoms with Crippen molar-refractivity contribution in [2.45, 2.75) is 5.79 Å². The van der Waals surface area contributed by atoms with E-state index in [9.17, 15) is 9.59 Å². The topological polar surface area (TPSA) is 52.6 Å². The van der Waals surface area contributed by atoms with Gasteiger partial charge in [0.1, 0.15) is 8.96 Å². The third kappa shape index (κ3) is 1.34. The molecule has 0 aliphatic carbocycles. The summed E-state index contributed by atoms with van der Waals surface area (Å²) in [5, 5.41) is 0. The lowest BCUT2D eigenvalue weighted by atomic mass is 10.3. The van der Waals surface area contributed by atoms with Crippen LogP contribution in [-0.2, 0) is 19.1 Å². The molecule has 2 heterocycles. The lowest BCUT2D eigenvalue weighted by molar-refractivity contribution is -0.181. The molecule has 0 amide bonds. The highest BCUT2D eigenvalue weighted by Crippen LogP contribution is 2.37. The van der Waals surface area contributed by atoms with Gasteiger partial charge in [0.2, 0.25) is 0 Å². The van der Waals surface area contributed by atoms with Crippen molar-refractivity contribution in [1.29, 1.82) is 0 Å². The number of rotatable bonds is 0. The summed E-state index contributed by atoms with van der Waals surface area (Å²) >= 11 is 5.96. The van der Waals surface area contributed by atoms with Crippen molar-refractivity contribution in [3.05, 3.63) is 21.1 Å². The third-order valence-corrected chi connectivity index (χ3v) is 2.66. The molecular formula is C7H2Br2O4. The molecule has 0 N–H and O–H groups in total. The SMILES string of the molecule is O=C1OC2(C=C1Br)C=C(Br)C(=O)O2. The van der Waals surface area contributed by atoms with E-state index < -0.39 is 17.7 Å². The zero-order chi connectivity index (χ0) is 9.64. The van der Waals surface area contributed by atoms with E-state index in [-0.39, 0.29) is 8.96 Å². The molecule has 2 aliphatic heterocycles. The van der Waals surface area contributed by atoms with Crippen molar-refractivity contribution in [1.82, 2.24) is 0 Å². The van der Waals surface area contributed by atoms with Crippen LogP contribution in [0.1, 0.15) is 0 Å². The molecular weight excluding hydrogens is 308 g/mol. The Morgan fingerprint density at radius 2 is 1.38 bits per heavy atom. The van der Waals surface area contributed by atoms with E-state index in [0.717, 1.165) is 0 Å². The standard InChI is InChI=1S/C7H2Br2O4/c8-3-1-7(12-5(3)10)2-4(9)6(11)13-7/h1-2H. The zero-order valence-corrected chi connectivity index (χ0v) is 9.22. The van der Waals surface area contributed by atoms with E-state index in [1.165, 1.54) is 12.2 Å². The molecule has 0 aromatic rings. The van der Waals surface area contributed by atoms with Crippen molar-refractivity contribution >= 4 is 43.8 Å². The average molecular weight is 310 g/mol. The highest BCUT2D eigenvalue weighted by molar-refractivity contribution is 9.12. The van der Waals surface area contributed by atoms with Crippen molar-refractivity contribution < 1.29 is 19.1 Å². The van der Waals surface area contributed by atoms with Gasteiger partial charge >= 0.3 is 17.7 Å². The maximum atomic E-state index is 11.0. The van der Waals surface area contributed by atoms with Crippen LogP contribution < -0.4 is 0 Å². The quantitative estimate of drug-likeness (QED) is 0.634. The van der Waals surface area contributed by atoms with Gasteiger partial charge in [-0.15, -0.1) is 0 Å². The Balaban J connectivity index is 2.38. The number of hydrogen-bond acceptors (Lipinski definition) is 4. The highest BCUT2D eigenvalue weighted by atomic mass is 79.9. The number of halogens is 2. The molecule has 0 fully saturated rings. The number of carbonyl (C=O) groups is 2. The molecule has 0 aromatic carbocycles. The Bertz CT molecular complexity index is 333. The van der Waals surface area contributed by atoms with Gasteiger partial charge in [0.15, 0.2) is 0 Å². The second kappa shape index (κ2) is 2.68. The molecule has 13 heavy (non-hydrogen) atoms. The lowest BCUT2D eigenvalue weighted by Gasteiger charge is -2.15. The predicted octanol–water partition coefficient (Wildman–Crippen LogP) is 1.35. The smallest absolute Gasteiger partial charge is 0.349 e. The van der Waals surface area contributed by atoms with Crippen LogP contribution >= 0.6 is 31.9 Å². The Morgan fingerprint density at radius 1 is 1.00 bits per heavy atom. The predicted molar refractivity (Wildman–Crippen MR) is 48.9 cm³/mol. The van der Waals surface area contributed by atoms with Gasteiger partial charge in [-0.3, -0.25) is 0 Å². The number of esters is 2. The molecule has 0 radical (unpaired) electrons. The molecule has 0 bridgehead atoms. The van der Waals surface area contributed by atoms with E-state index in [2.05, 4.69) is 31.9 Å². The monoisotopic (exact) mass is 308 g/mol. The van der Waals surface area contributed by atoms with Gasteiger partial charge in [-0.1, -0.05) is 0 Å². The first-order valence-electron chi connectivity index (χ1n) is 3.26. The zero-order valence-electron chi connectivity index (χ0n) is 6.04. The minimum Gasteiger partial charge on any atom is -0.411 e. The first kappa shape index (κ1) is 8.96. The summed E-state index contributed by atoms with van der Waals surface area (Å²) in [6.45, 7) is 0. The second-order valence-corrected chi connectivity index (χ2v) is 4.19. The van der Waals surface area contributed by atoms with Crippen molar-refractivity contribution in [3.63, 3.8) is 0 Å². The Hall–Kier alpha value is -0.620. The first-order chi connectivity index (χ1) is 6.02. The summed E-state index contributed by atoms with van der Waals surface area (Å²) in [5.74, 6) is -2.44. The van der Waals surface area contributed by atoms with Gasteiger partial charge < -0.3 is 9.47 Å². The van der Waals surface area contributed by atoms with E-state index in [0.29, 0.717) is 0 Å². The average Bonchev–Trinajstić information content (AvgIpc) is 2.39. The van der Waals surface area contributed by atoms with Crippen LogP contribution in [0.5, 0.6) is 0 Å². The number of carbonyl (C=O) groups excluding carboxylic acids is 2. The van der Waals surface area contributed by atoms with Gasteiger partial charge in [-0.05, 0) is 31.9 Å². The summed E-state index contributed by atoms with van der Waals surface area (Å²) < 4.78 is 10.2. The fourth-order valence-electron chi connectivity index (χ4n) is 1.04. The van der Waals surface area contributed by atoms with Crippen LogP contribution in [-0.4, -0.2) is 17.7 Å². The molecule has 6 heteroatoms. The largest absolute Gasteiger partial charge is 0.411 e. The minimum absolute atomic E-state index is 0.249. The molecule has 2 rings (SSSR count). The summed E-state index contributed by atoms with van der Waals surface area (Å²) in [5.41, 5.74) is 0. The van der Waals surface area contributed by atoms with Crippen LogP contribution in [0.25, 0.3) is 0 Å². The molecule has 1 spiro atoms. The van der Waals surface area contributed by atoms with E-state index in [1.54, 1.807) is 0 Å². The lowest BCUT2D eigenvalue weighted by Crippen LogP contribution is -2.27. The van der Waals surface area contributed by atoms with Gasteiger partial charge in [0, 0.05) is 12.2 Å². The van der Waals surface area contributed by atoms with E-state index in [4.69, 9.17) is 9.47 Å². The summed E-state index contributed by atoms with van der Waals surface area (Å²) in [6, 6.07) is 0. The maximum Gasteiger partial charge on any atom is 0.349 e. The van der Waals surface area contributed by atoms with Crippen molar-refractivity contribution in [2.75, 3.05) is 0 Å². The molecule has 2 aliphatic rings. The normalized spacial score (nSPS) is 24.2. The molecule has 0 saturated carbocycles. The number of ether oxygens (including phenoxy) is 2. The summed E-state index contributed by atoms with van der Waals surface area (Å²) in [6.07, 6.45) is 2.78. The summed E-state index contributed by atoms with van der Waals surface area (Å²) in [4.78, 5) is 22.0. The van der Waals surface area contributed by atoms with E-state index >= 15 is 0 Å².